The first kappa shape index (κ1) is 21.2. The second-order valence-corrected chi connectivity index (χ2v) is 9.09. The normalized spacial score (nSPS) is 24.3. The number of aryl methyl sites for hydroxylation is 1. The molecule has 2 aliphatic rings. The van der Waals surface area contributed by atoms with Gasteiger partial charge in [0.15, 0.2) is 0 Å². The molecule has 1 aliphatic heterocycles. The Hall–Kier alpha value is -1.15. The molecular formula is C18H28ClN3O3S. The maximum atomic E-state index is 12.7. The molecule has 1 amide bonds. The summed E-state index contributed by atoms with van der Waals surface area (Å²) in [5, 5.41) is 0. The number of piperazine rings is 1. The lowest BCUT2D eigenvalue weighted by Crippen LogP contribution is -2.51. The Morgan fingerprint density at radius 1 is 1.12 bits per heavy atom. The van der Waals surface area contributed by atoms with E-state index in [1.165, 1.54) is 4.31 Å². The molecule has 8 heteroatoms. The summed E-state index contributed by atoms with van der Waals surface area (Å²) >= 11 is 0. The van der Waals surface area contributed by atoms with Crippen LogP contribution in [0.4, 0.5) is 0 Å². The Morgan fingerprint density at radius 3 is 2.27 bits per heavy atom. The van der Waals surface area contributed by atoms with Gasteiger partial charge in [0, 0.05) is 38.6 Å². The molecule has 0 unspecified atom stereocenters. The number of carbonyl (C=O) groups is 1. The van der Waals surface area contributed by atoms with Crippen molar-refractivity contribution in [3.05, 3.63) is 29.8 Å². The average molecular weight is 402 g/mol. The van der Waals surface area contributed by atoms with Crippen LogP contribution in [-0.4, -0.2) is 55.8 Å². The fourth-order valence-electron chi connectivity index (χ4n) is 3.71. The molecule has 0 spiro atoms. The van der Waals surface area contributed by atoms with Gasteiger partial charge in [0.2, 0.25) is 15.9 Å². The lowest BCUT2D eigenvalue weighted by atomic mass is 9.99. The van der Waals surface area contributed by atoms with Crippen LogP contribution < -0.4 is 5.73 Å². The first-order chi connectivity index (χ1) is 11.9. The van der Waals surface area contributed by atoms with Gasteiger partial charge in [0.1, 0.15) is 0 Å². The van der Waals surface area contributed by atoms with Gasteiger partial charge in [-0.2, -0.15) is 4.31 Å². The van der Waals surface area contributed by atoms with Crippen LogP contribution in [0.25, 0.3) is 0 Å². The monoisotopic (exact) mass is 401 g/mol. The molecule has 1 aliphatic carbocycles. The molecule has 1 heterocycles. The minimum atomic E-state index is -3.48. The Balaban J connectivity index is 0.00000243. The molecule has 26 heavy (non-hydrogen) atoms. The minimum Gasteiger partial charge on any atom is -0.340 e. The molecule has 6 nitrogen and oxygen atoms in total. The fourth-order valence-corrected chi connectivity index (χ4v) is 5.13. The van der Waals surface area contributed by atoms with Crippen LogP contribution in [0.1, 0.15) is 31.2 Å². The minimum absolute atomic E-state index is 0. The summed E-state index contributed by atoms with van der Waals surface area (Å²) in [6.07, 6.45) is 3.61. The molecule has 146 valence electrons. The van der Waals surface area contributed by atoms with Gasteiger partial charge in [-0.05, 0) is 37.8 Å². The first-order valence-corrected chi connectivity index (χ1v) is 10.4. The van der Waals surface area contributed by atoms with Gasteiger partial charge >= 0.3 is 0 Å². The van der Waals surface area contributed by atoms with Gasteiger partial charge in [0.25, 0.3) is 0 Å². The molecule has 0 bridgehead atoms. The van der Waals surface area contributed by atoms with Crippen molar-refractivity contribution in [2.45, 2.75) is 43.5 Å². The summed E-state index contributed by atoms with van der Waals surface area (Å²) in [5.41, 5.74) is 7.08. The van der Waals surface area contributed by atoms with Crippen LogP contribution in [0.15, 0.2) is 29.2 Å². The van der Waals surface area contributed by atoms with Crippen LogP contribution >= 0.6 is 12.4 Å². The number of hydrogen-bond acceptors (Lipinski definition) is 4. The van der Waals surface area contributed by atoms with E-state index in [2.05, 4.69) is 0 Å². The van der Waals surface area contributed by atoms with E-state index >= 15 is 0 Å². The molecule has 3 rings (SSSR count). The van der Waals surface area contributed by atoms with Gasteiger partial charge in [-0.1, -0.05) is 24.1 Å². The second-order valence-electron chi connectivity index (χ2n) is 7.16. The van der Waals surface area contributed by atoms with Crippen LogP contribution in [0.5, 0.6) is 0 Å². The third-order valence-corrected chi connectivity index (χ3v) is 7.32. The maximum Gasteiger partial charge on any atom is 0.243 e. The lowest BCUT2D eigenvalue weighted by molar-refractivity contribution is -0.133. The van der Waals surface area contributed by atoms with E-state index in [-0.39, 0.29) is 30.3 Å². The number of sulfonamides is 1. The first-order valence-electron chi connectivity index (χ1n) is 8.98. The highest BCUT2D eigenvalue weighted by molar-refractivity contribution is 7.89. The number of nitrogens with two attached hydrogens (primary N) is 1. The molecule has 2 fully saturated rings. The van der Waals surface area contributed by atoms with E-state index in [1.807, 2.05) is 6.92 Å². The highest BCUT2D eigenvalue weighted by Crippen LogP contribution is 2.27. The number of amides is 1. The summed E-state index contributed by atoms with van der Waals surface area (Å²) in [4.78, 5) is 14.6. The number of rotatable bonds is 4. The molecule has 0 aromatic heterocycles. The van der Waals surface area contributed by atoms with E-state index < -0.39 is 10.0 Å². The molecule has 1 aromatic rings. The van der Waals surface area contributed by atoms with Gasteiger partial charge < -0.3 is 10.6 Å². The zero-order valence-electron chi connectivity index (χ0n) is 15.1. The molecule has 0 radical (unpaired) electrons. The van der Waals surface area contributed by atoms with Crippen molar-refractivity contribution in [3.63, 3.8) is 0 Å². The van der Waals surface area contributed by atoms with Crippen molar-refractivity contribution in [2.24, 2.45) is 11.7 Å². The summed E-state index contributed by atoms with van der Waals surface area (Å²) < 4.78 is 26.9. The maximum absolute atomic E-state index is 12.7. The van der Waals surface area contributed by atoms with Crippen LogP contribution in [-0.2, 0) is 14.8 Å². The molecule has 1 saturated carbocycles. The number of hydrogen-bond donors (Lipinski definition) is 1. The molecule has 2 atom stereocenters. The van der Waals surface area contributed by atoms with E-state index in [0.717, 1.165) is 24.8 Å². The van der Waals surface area contributed by atoms with Crippen molar-refractivity contribution < 1.29 is 13.2 Å². The molecule has 1 aromatic carbocycles. The topological polar surface area (TPSA) is 83.7 Å². The Labute approximate surface area is 162 Å². The third-order valence-electron chi connectivity index (χ3n) is 5.40. The predicted molar refractivity (Wildman–Crippen MR) is 104 cm³/mol. The fraction of sp³-hybridized carbons (Fsp3) is 0.611. The zero-order chi connectivity index (χ0) is 18.0. The quantitative estimate of drug-likeness (QED) is 0.833. The van der Waals surface area contributed by atoms with Crippen molar-refractivity contribution in [3.8, 4) is 0 Å². The Bertz CT molecular complexity index is 716. The highest BCUT2D eigenvalue weighted by Gasteiger charge is 2.32. The SMILES string of the molecule is Cc1ccc(S(=O)(=O)N2CCN(C(=O)C[C@@H]3CCC[C@H]3N)CC2)cc1.Cl. The predicted octanol–water partition coefficient (Wildman–Crippen LogP) is 1.77. The number of nitrogens with zero attached hydrogens (tertiary/aromatic N) is 2. The molecule has 1 saturated heterocycles. The lowest BCUT2D eigenvalue weighted by Gasteiger charge is -2.34. The largest absolute Gasteiger partial charge is 0.340 e. The highest BCUT2D eigenvalue weighted by atomic mass is 35.5. The van der Waals surface area contributed by atoms with Gasteiger partial charge in [-0.3, -0.25) is 4.79 Å². The van der Waals surface area contributed by atoms with Crippen LogP contribution in [0.2, 0.25) is 0 Å². The number of benzene rings is 1. The van der Waals surface area contributed by atoms with Crippen molar-refractivity contribution in [1.29, 1.82) is 0 Å². The van der Waals surface area contributed by atoms with E-state index in [4.69, 9.17) is 5.73 Å². The van der Waals surface area contributed by atoms with Crippen molar-refractivity contribution >= 4 is 28.3 Å². The van der Waals surface area contributed by atoms with E-state index in [0.29, 0.717) is 37.5 Å². The molecular weight excluding hydrogens is 374 g/mol. The van der Waals surface area contributed by atoms with E-state index in [9.17, 15) is 13.2 Å². The van der Waals surface area contributed by atoms with E-state index in [1.54, 1.807) is 29.2 Å². The van der Waals surface area contributed by atoms with Crippen LogP contribution in [0.3, 0.4) is 0 Å². The van der Waals surface area contributed by atoms with Crippen LogP contribution in [0, 0.1) is 12.8 Å². The second kappa shape index (κ2) is 8.69. The van der Waals surface area contributed by atoms with Gasteiger partial charge in [-0.25, -0.2) is 8.42 Å². The smallest absolute Gasteiger partial charge is 0.243 e. The number of carbonyl (C=O) groups excluding carboxylic acids is 1. The standard InChI is InChI=1S/C18H27N3O3S.ClH/c1-14-5-7-16(8-6-14)25(23,24)21-11-9-20(10-12-21)18(22)13-15-3-2-4-17(15)19;/h5-8,15,17H,2-4,9-13,19H2,1H3;1H/t15-,17+;/m0./s1. The summed E-state index contributed by atoms with van der Waals surface area (Å²) in [7, 11) is -3.48. The number of halogens is 1. The Kier molecular flexibility index (Phi) is 7.07. The van der Waals surface area contributed by atoms with Gasteiger partial charge in [0.05, 0.1) is 4.90 Å². The summed E-state index contributed by atoms with van der Waals surface area (Å²) in [6, 6.07) is 7.02. The average Bonchev–Trinajstić information content (AvgIpc) is 3.00. The zero-order valence-corrected chi connectivity index (χ0v) is 16.8. The summed E-state index contributed by atoms with van der Waals surface area (Å²) in [6.45, 7) is 3.52. The van der Waals surface area contributed by atoms with Gasteiger partial charge in [-0.15, -0.1) is 12.4 Å². The molecule has 2 N–H and O–H groups in total. The van der Waals surface area contributed by atoms with Crippen molar-refractivity contribution in [1.82, 2.24) is 9.21 Å². The third kappa shape index (κ3) is 4.57. The van der Waals surface area contributed by atoms with Crippen molar-refractivity contribution in [2.75, 3.05) is 26.2 Å². The Morgan fingerprint density at radius 2 is 1.73 bits per heavy atom. The summed E-state index contributed by atoms with van der Waals surface area (Å²) in [5.74, 6) is 0.386.